The van der Waals surface area contributed by atoms with Gasteiger partial charge in [0, 0.05) is 12.8 Å². The molecule has 4 unspecified atom stereocenters. The number of aliphatic hydroxyl groups excluding tert-OH is 3. The first-order chi connectivity index (χ1) is 10.8. The molecule has 0 spiro atoms. The Kier molecular flexibility index (Phi) is 9.15. The molecule has 144 valence electrons. The highest BCUT2D eigenvalue weighted by Crippen LogP contribution is 2.36. The van der Waals surface area contributed by atoms with Gasteiger partial charge in [0.15, 0.2) is 10.5 Å². The second kappa shape index (κ2) is 9.32. The predicted molar refractivity (Wildman–Crippen MR) is 90.2 cm³/mol. The third-order valence-corrected chi connectivity index (χ3v) is 5.18. The number of carbonyl (C=O) groups is 1. The minimum absolute atomic E-state index is 0.279. The fraction of sp³-hybridized carbons (Fsp3) is 0.923. The number of amides is 1. The molecule has 4 atom stereocenters. The Morgan fingerprint density at radius 3 is 2.25 bits per heavy atom. The molecular formula is C13H27NO8S2. The smallest absolute Gasteiger partial charge is 0.256 e. The molecule has 0 aliphatic carbocycles. The largest absolute Gasteiger partial charge is 0.394 e. The highest BCUT2D eigenvalue weighted by atomic mass is 32.2. The third kappa shape index (κ3) is 6.14. The molecule has 0 aliphatic heterocycles. The molecule has 1 amide bonds. The SMILES string of the molecule is CCCCC(O)(C(=O)NCCS(C)(=O)=O)C(O)(S)C(O)C(O)CO. The number of thiol groups is 1. The summed E-state index contributed by atoms with van der Waals surface area (Å²) in [6, 6.07) is 0. The maximum atomic E-state index is 12.3. The van der Waals surface area contributed by atoms with Gasteiger partial charge in [-0.15, -0.1) is 12.6 Å². The summed E-state index contributed by atoms with van der Waals surface area (Å²) in [7, 11) is -3.35. The summed E-state index contributed by atoms with van der Waals surface area (Å²) in [6.07, 6.45) is -2.48. The van der Waals surface area contributed by atoms with Crippen molar-refractivity contribution < 1.29 is 38.7 Å². The number of unbranched alkanes of at least 4 members (excludes halogenated alkanes) is 1. The van der Waals surface area contributed by atoms with E-state index in [0.29, 0.717) is 6.42 Å². The van der Waals surface area contributed by atoms with Crippen LogP contribution in [0.2, 0.25) is 0 Å². The number of rotatable bonds is 11. The number of nitrogens with one attached hydrogen (secondary N) is 1. The van der Waals surface area contributed by atoms with Gasteiger partial charge in [-0.25, -0.2) is 8.42 Å². The monoisotopic (exact) mass is 389 g/mol. The number of hydrogen-bond donors (Lipinski definition) is 7. The molecular weight excluding hydrogens is 362 g/mol. The van der Waals surface area contributed by atoms with Crippen molar-refractivity contribution in [2.75, 3.05) is 25.2 Å². The first kappa shape index (κ1) is 23.6. The number of hydrogen-bond acceptors (Lipinski definition) is 9. The van der Waals surface area contributed by atoms with Crippen LogP contribution in [0.1, 0.15) is 26.2 Å². The zero-order valence-electron chi connectivity index (χ0n) is 13.7. The van der Waals surface area contributed by atoms with Gasteiger partial charge in [-0.2, -0.15) is 0 Å². The summed E-state index contributed by atoms with van der Waals surface area (Å²) in [5.74, 6) is -1.52. The molecule has 0 bridgehead atoms. The Morgan fingerprint density at radius 2 is 1.83 bits per heavy atom. The van der Waals surface area contributed by atoms with E-state index in [1.807, 2.05) is 0 Å². The van der Waals surface area contributed by atoms with Gasteiger partial charge in [0.1, 0.15) is 22.0 Å². The summed E-state index contributed by atoms with van der Waals surface area (Å²) in [5.41, 5.74) is -2.61. The third-order valence-electron chi connectivity index (χ3n) is 3.60. The molecule has 24 heavy (non-hydrogen) atoms. The predicted octanol–water partition coefficient (Wildman–Crippen LogP) is -2.60. The lowest BCUT2D eigenvalue weighted by Crippen LogP contribution is -2.67. The van der Waals surface area contributed by atoms with Crippen molar-refractivity contribution in [3.63, 3.8) is 0 Å². The van der Waals surface area contributed by atoms with Crippen molar-refractivity contribution in [1.82, 2.24) is 5.32 Å². The number of carbonyl (C=O) groups excluding carboxylic acids is 1. The standard InChI is InChI=1S/C13H27NO8S2/c1-3-4-5-12(19,11(18)14-6-7-24(2,21)22)13(20,23)10(17)9(16)8-15/h9-10,15-17,19-20,23H,3-8H2,1-2H3,(H,14,18). The molecule has 0 aliphatic rings. The minimum Gasteiger partial charge on any atom is -0.394 e. The lowest BCUT2D eigenvalue weighted by atomic mass is 9.84. The number of sulfone groups is 1. The minimum atomic E-state index is -3.35. The quantitative estimate of drug-likeness (QED) is 0.149. The van der Waals surface area contributed by atoms with Crippen molar-refractivity contribution >= 4 is 28.4 Å². The van der Waals surface area contributed by atoms with Crippen LogP contribution < -0.4 is 5.32 Å². The van der Waals surface area contributed by atoms with Crippen molar-refractivity contribution in [2.24, 2.45) is 0 Å². The van der Waals surface area contributed by atoms with Crippen molar-refractivity contribution in [1.29, 1.82) is 0 Å². The van der Waals surface area contributed by atoms with Gasteiger partial charge in [-0.05, 0) is 6.42 Å². The second-order valence-electron chi connectivity index (χ2n) is 5.77. The van der Waals surface area contributed by atoms with Crippen LogP contribution in [0.4, 0.5) is 0 Å². The van der Waals surface area contributed by atoms with Crippen LogP contribution in [0.5, 0.6) is 0 Å². The molecule has 0 saturated heterocycles. The number of aliphatic hydroxyl groups is 5. The van der Waals surface area contributed by atoms with Crippen molar-refractivity contribution in [2.45, 2.75) is 48.9 Å². The molecule has 0 aromatic heterocycles. The first-order valence-corrected chi connectivity index (χ1v) is 9.94. The van der Waals surface area contributed by atoms with Crippen LogP contribution >= 0.6 is 12.6 Å². The summed E-state index contributed by atoms with van der Waals surface area (Å²) in [5, 5.41) is 51.5. The van der Waals surface area contributed by atoms with Crippen LogP contribution in [0, 0.1) is 0 Å². The van der Waals surface area contributed by atoms with Gasteiger partial charge < -0.3 is 30.8 Å². The Labute approximate surface area is 147 Å². The summed E-state index contributed by atoms with van der Waals surface area (Å²) in [6.45, 7) is 0.525. The van der Waals surface area contributed by atoms with Gasteiger partial charge >= 0.3 is 0 Å². The van der Waals surface area contributed by atoms with Gasteiger partial charge in [-0.3, -0.25) is 4.79 Å². The van der Waals surface area contributed by atoms with Crippen LogP contribution in [-0.4, -0.2) is 87.8 Å². The Balaban J connectivity index is 5.40. The molecule has 0 rings (SSSR count). The van der Waals surface area contributed by atoms with E-state index in [0.717, 1.165) is 6.26 Å². The normalized spacial score (nSPS) is 19.8. The average Bonchev–Trinajstić information content (AvgIpc) is 2.49. The molecule has 6 N–H and O–H groups in total. The Morgan fingerprint density at radius 1 is 1.29 bits per heavy atom. The van der Waals surface area contributed by atoms with Gasteiger partial charge in [0.25, 0.3) is 5.91 Å². The van der Waals surface area contributed by atoms with Crippen LogP contribution in [0.15, 0.2) is 0 Å². The van der Waals surface area contributed by atoms with E-state index < -0.39 is 45.1 Å². The molecule has 0 aromatic rings. The van der Waals surface area contributed by atoms with E-state index in [4.69, 9.17) is 5.11 Å². The zero-order chi connectivity index (χ0) is 19.2. The van der Waals surface area contributed by atoms with Crippen LogP contribution in [0.3, 0.4) is 0 Å². The molecule has 0 fully saturated rings. The van der Waals surface area contributed by atoms with Gasteiger partial charge in [0.05, 0.1) is 12.4 Å². The highest BCUT2D eigenvalue weighted by Gasteiger charge is 2.57. The topological polar surface area (TPSA) is 164 Å². The fourth-order valence-corrected chi connectivity index (χ4v) is 2.86. The maximum absolute atomic E-state index is 12.3. The molecule has 0 aromatic carbocycles. The van der Waals surface area contributed by atoms with Gasteiger partial charge in [0.2, 0.25) is 0 Å². The van der Waals surface area contributed by atoms with Gasteiger partial charge in [-0.1, -0.05) is 19.8 Å². The summed E-state index contributed by atoms with van der Waals surface area (Å²) in [4.78, 5) is 9.52. The summed E-state index contributed by atoms with van der Waals surface area (Å²) < 4.78 is 22.2. The van der Waals surface area contributed by atoms with Crippen molar-refractivity contribution in [3.05, 3.63) is 0 Å². The summed E-state index contributed by atoms with van der Waals surface area (Å²) >= 11 is 3.75. The fourth-order valence-electron chi connectivity index (χ4n) is 2.01. The average molecular weight is 389 g/mol. The zero-order valence-corrected chi connectivity index (χ0v) is 15.4. The Bertz CT molecular complexity index is 510. The van der Waals surface area contributed by atoms with E-state index in [1.54, 1.807) is 6.92 Å². The second-order valence-corrected chi connectivity index (χ2v) is 8.71. The maximum Gasteiger partial charge on any atom is 0.256 e. The highest BCUT2D eigenvalue weighted by molar-refractivity contribution is 7.90. The molecule has 11 heteroatoms. The van der Waals surface area contributed by atoms with Crippen LogP contribution in [-0.2, 0) is 14.6 Å². The van der Waals surface area contributed by atoms with E-state index in [2.05, 4.69) is 17.9 Å². The molecule has 0 heterocycles. The lowest BCUT2D eigenvalue weighted by Gasteiger charge is -2.42. The van der Waals surface area contributed by atoms with E-state index in [1.165, 1.54) is 0 Å². The van der Waals surface area contributed by atoms with Crippen molar-refractivity contribution in [3.8, 4) is 0 Å². The van der Waals surface area contributed by atoms with E-state index >= 15 is 0 Å². The lowest BCUT2D eigenvalue weighted by molar-refractivity contribution is -0.189. The van der Waals surface area contributed by atoms with Crippen LogP contribution in [0.25, 0.3) is 0 Å². The molecule has 0 saturated carbocycles. The van der Waals surface area contributed by atoms with E-state index in [9.17, 15) is 33.6 Å². The molecule has 0 radical (unpaired) electrons. The first-order valence-electron chi connectivity index (χ1n) is 7.43. The van der Waals surface area contributed by atoms with E-state index in [-0.39, 0.29) is 25.1 Å². The molecule has 9 nitrogen and oxygen atoms in total. The Hall–Kier alpha value is -0.430.